The third-order valence-corrected chi connectivity index (χ3v) is 4.84. The number of H-pyrrole nitrogens is 1. The van der Waals surface area contributed by atoms with E-state index in [1.165, 1.54) is 4.90 Å². The molecule has 0 amide bonds. The topological polar surface area (TPSA) is 41.6 Å². The van der Waals surface area contributed by atoms with E-state index in [1.54, 1.807) is 0 Å². The van der Waals surface area contributed by atoms with Gasteiger partial charge in [-0.25, -0.2) is 9.97 Å². The Balaban J connectivity index is 1.79. The number of hydrogen-bond acceptors (Lipinski definition) is 3. The van der Waals surface area contributed by atoms with E-state index in [9.17, 15) is 0 Å². The van der Waals surface area contributed by atoms with Crippen LogP contribution in [0.2, 0.25) is 0 Å². The summed E-state index contributed by atoms with van der Waals surface area (Å²) in [5.41, 5.74) is 5.07. The molecule has 24 heavy (non-hydrogen) atoms. The van der Waals surface area contributed by atoms with Gasteiger partial charge in [-0.15, -0.1) is 11.8 Å². The van der Waals surface area contributed by atoms with Gasteiger partial charge in [0.05, 0.1) is 0 Å². The Morgan fingerprint density at radius 2 is 1.75 bits per heavy atom. The van der Waals surface area contributed by atoms with Gasteiger partial charge in [0.1, 0.15) is 11.3 Å². The van der Waals surface area contributed by atoms with E-state index in [0.717, 1.165) is 39.4 Å². The molecule has 0 aliphatic heterocycles. The number of thioether (sulfide) groups is 1. The minimum Gasteiger partial charge on any atom is -0.323 e. The van der Waals surface area contributed by atoms with Gasteiger partial charge in [-0.3, -0.25) is 0 Å². The maximum Gasteiger partial charge on any atom is 0.157 e. The summed E-state index contributed by atoms with van der Waals surface area (Å²) in [7, 11) is 0. The van der Waals surface area contributed by atoms with E-state index in [4.69, 9.17) is 4.98 Å². The summed E-state index contributed by atoms with van der Waals surface area (Å²) >= 11 is 1.83. The van der Waals surface area contributed by atoms with Crippen LogP contribution in [0.1, 0.15) is 6.92 Å². The summed E-state index contributed by atoms with van der Waals surface area (Å²) in [6.07, 6.45) is 1.90. The van der Waals surface area contributed by atoms with Crippen LogP contribution in [0.4, 0.5) is 0 Å². The Morgan fingerprint density at radius 3 is 2.58 bits per heavy atom. The normalized spacial score (nSPS) is 11.0. The lowest BCUT2D eigenvalue weighted by Gasteiger charge is -2.04. The molecule has 0 aliphatic carbocycles. The number of hydrogen-bond donors (Lipinski definition) is 1. The monoisotopic (exact) mass is 331 g/mol. The van der Waals surface area contributed by atoms with E-state index >= 15 is 0 Å². The van der Waals surface area contributed by atoms with Crippen molar-refractivity contribution >= 4 is 22.9 Å². The first-order valence-electron chi connectivity index (χ1n) is 7.98. The van der Waals surface area contributed by atoms with Crippen molar-refractivity contribution in [2.24, 2.45) is 0 Å². The van der Waals surface area contributed by atoms with Crippen LogP contribution in [-0.4, -0.2) is 20.7 Å². The third-order valence-electron chi connectivity index (χ3n) is 3.89. The third kappa shape index (κ3) is 2.81. The van der Waals surface area contributed by atoms with Crippen LogP contribution < -0.4 is 0 Å². The summed E-state index contributed by atoms with van der Waals surface area (Å²) in [5, 5.41) is 0. The highest BCUT2D eigenvalue weighted by Crippen LogP contribution is 2.31. The average Bonchev–Trinajstić information content (AvgIpc) is 3.06. The SMILES string of the molecule is CCSc1ccccc1-c1nc2cc(-c3ccccc3)cnc2[nH]1. The summed E-state index contributed by atoms with van der Waals surface area (Å²) in [6, 6.07) is 20.7. The maximum atomic E-state index is 4.78. The van der Waals surface area contributed by atoms with Crippen molar-refractivity contribution in [2.45, 2.75) is 11.8 Å². The summed E-state index contributed by atoms with van der Waals surface area (Å²) in [6.45, 7) is 2.16. The standard InChI is InChI=1S/C20H17N3S/c1-2-24-18-11-7-6-10-16(18)19-22-17-12-15(13-21-20(17)23-19)14-8-4-3-5-9-14/h3-13H,2H2,1H3,(H,21,22,23). The van der Waals surface area contributed by atoms with E-state index < -0.39 is 0 Å². The second-order valence-electron chi connectivity index (χ2n) is 5.47. The van der Waals surface area contributed by atoms with Gasteiger partial charge in [0.25, 0.3) is 0 Å². The van der Waals surface area contributed by atoms with Crippen LogP contribution in [-0.2, 0) is 0 Å². The lowest BCUT2D eigenvalue weighted by Crippen LogP contribution is -1.84. The zero-order valence-corrected chi connectivity index (χ0v) is 14.2. The zero-order chi connectivity index (χ0) is 16.4. The molecule has 2 aromatic heterocycles. The molecule has 0 radical (unpaired) electrons. The van der Waals surface area contributed by atoms with Crippen molar-refractivity contribution in [1.29, 1.82) is 0 Å². The van der Waals surface area contributed by atoms with Gasteiger partial charge in [0.15, 0.2) is 5.65 Å². The quantitative estimate of drug-likeness (QED) is 0.509. The van der Waals surface area contributed by atoms with Gasteiger partial charge in [-0.1, -0.05) is 55.5 Å². The second-order valence-corrected chi connectivity index (χ2v) is 6.78. The first-order valence-corrected chi connectivity index (χ1v) is 8.97. The Hall–Kier alpha value is -2.59. The van der Waals surface area contributed by atoms with Crippen LogP contribution in [0.3, 0.4) is 0 Å². The second kappa shape index (κ2) is 6.49. The fourth-order valence-corrected chi connectivity index (χ4v) is 3.56. The molecular formula is C20H17N3S. The number of fused-ring (bicyclic) bond motifs is 1. The van der Waals surface area contributed by atoms with Gasteiger partial charge in [-0.05, 0) is 23.4 Å². The van der Waals surface area contributed by atoms with E-state index in [1.807, 2.05) is 42.2 Å². The number of rotatable bonds is 4. The van der Waals surface area contributed by atoms with Crippen LogP contribution in [0.25, 0.3) is 33.7 Å². The fraction of sp³-hybridized carbons (Fsp3) is 0.100. The summed E-state index contributed by atoms with van der Waals surface area (Å²) < 4.78 is 0. The van der Waals surface area contributed by atoms with Crippen molar-refractivity contribution in [3.63, 3.8) is 0 Å². The molecule has 118 valence electrons. The highest BCUT2D eigenvalue weighted by atomic mass is 32.2. The molecule has 0 bridgehead atoms. The molecular weight excluding hydrogens is 314 g/mol. The van der Waals surface area contributed by atoms with E-state index in [0.29, 0.717) is 0 Å². The fourth-order valence-electron chi connectivity index (χ4n) is 2.75. The molecule has 4 rings (SSSR count). The first kappa shape index (κ1) is 15.0. The summed E-state index contributed by atoms with van der Waals surface area (Å²) in [5.74, 6) is 1.91. The maximum absolute atomic E-state index is 4.78. The zero-order valence-electron chi connectivity index (χ0n) is 13.4. The molecule has 3 nitrogen and oxygen atoms in total. The Labute approximate surface area is 145 Å². The molecule has 1 N–H and O–H groups in total. The minimum atomic E-state index is 0.820. The lowest BCUT2D eigenvalue weighted by atomic mass is 10.1. The lowest BCUT2D eigenvalue weighted by molar-refractivity contribution is 1.27. The van der Waals surface area contributed by atoms with Gasteiger partial charge in [0, 0.05) is 22.2 Å². The highest BCUT2D eigenvalue weighted by Gasteiger charge is 2.11. The molecule has 0 spiro atoms. The highest BCUT2D eigenvalue weighted by molar-refractivity contribution is 7.99. The number of aromatic amines is 1. The molecule has 4 heteroatoms. The molecule has 2 aromatic carbocycles. The van der Waals surface area contributed by atoms with E-state index in [-0.39, 0.29) is 0 Å². The smallest absolute Gasteiger partial charge is 0.157 e. The van der Waals surface area contributed by atoms with Crippen LogP contribution >= 0.6 is 11.8 Å². The van der Waals surface area contributed by atoms with Crippen molar-refractivity contribution in [3.8, 4) is 22.5 Å². The molecule has 0 fully saturated rings. The number of nitrogens with one attached hydrogen (secondary N) is 1. The molecule has 4 aromatic rings. The predicted octanol–water partition coefficient (Wildman–Crippen LogP) is 5.40. The van der Waals surface area contributed by atoms with E-state index in [2.05, 4.69) is 53.3 Å². The van der Waals surface area contributed by atoms with Crippen LogP contribution in [0, 0.1) is 0 Å². The Morgan fingerprint density at radius 1 is 0.958 bits per heavy atom. The predicted molar refractivity (Wildman–Crippen MR) is 101 cm³/mol. The van der Waals surface area contributed by atoms with Crippen molar-refractivity contribution < 1.29 is 0 Å². The van der Waals surface area contributed by atoms with Crippen LogP contribution in [0.15, 0.2) is 71.8 Å². The van der Waals surface area contributed by atoms with Gasteiger partial charge < -0.3 is 4.98 Å². The van der Waals surface area contributed by atoms with Crippen molar-refractivity contribution in [1.82, 2.24) is 15.0 Å². The Bertz CT molecular complexity index is 977. The number of benzene rings is 2. The molecule has 0 unspecified atom stereocenters. The van der Waals surface area contributed by atoms with Crippen molar-refractivity contribution in [2.75, 3.05) is 5.75 Å². The summed E-state index contributed by atoms with van der Waals surface area (Å²) in [4.78, 5) is 13.9. The van der Waals surface area contributed by atoms with Crippen molar-refractivity contribution in [3.05, 3.63) is 66.9 Å². The Kier molecular flexibility index (Phi) is 4.05. The molecule has 0 atom stereocenters. The minimum absolute atomic E-state index is 0.820. The average molecular weight is 331 g/mol. The number of imidazole rings is 1. The number of pyridine rings is 1. The molecule has 0 saturated carbocycles. The molecule has 0 aliphatic rings. The number of nitrogens with zero attached hydrogens (tertiary/aromatic N) is 2. The first-order chi connectivity index (χ1) is 11.8. The molecule has 0 saturated heterocycles. The number of aromatic nitrogens is 3. The largest absolute Gasteiger partial charge is 0.323 e. The van der Waals surface area contributed by atoms with Gasteiger partial charge in [0.2, 0.25) is 0 Å². The van der Waals surface area contributed by atoms with Gasteiger partial charge >= 0.3 is 0 Å². The molecule has 2 heterocycles. The van der Waals surface area contributed by atoms with Gasteiger partial charge in [-0.2, -0.15) is 0 Å². The van der Waals surface area contributed by atoms with Crippen LogP contribution in [0.5, 0.6) is 0 Å².